The largest absolute Gasteiger partial charge is 0.507 e. The predicted octanol–water partition coefficient (Wildman–Crippen LogP) is 10.4. The van der Waals surface area contributed by atoms with Gasteiger partial charge in [0.25, 0.3) is 0 Å². The maximum absolute atomic E-state index is 11.0. The maximum Gasteiger partial charge on any atom is 0.163 e. The normalized spacial score (nSPS) is 11.8. The van der Waals surface area contributed by atoms with E-state index in [9.17, 15) is 5.11 Å². The molecular formula is C44H30N3OPt-. The molecule has 0 amide bonds. The van der Waals surface area contributed by atoms with E-state index in [0.717, 1.165) is 96.7 Å². The summed E-state index contributed by atoms with van der Waals surface area (Å²) in [6.45, 7) is 0. The van der Waals surface area contributed by atoms with E-state index < -0.39 is 0 Å². The zero-order valence-electron chi connectivity index (χ0n) is 26.5. The number of phenols is 1. The number of hydrogen-bond acceptors (Lipinski definition) is 3. The number of aromatic hydroxyl groups is 1. The molecule has 0 saturated carbocycles. The van der Waals surface area contributed by atoms with E-state index in [0.29, 0.717) is 0 Å². The van der Waals surface area contributed by atoms with Gasteiger partial charge in [-0.2, -0.15) is 0 Å². The minimum absolute atomic E-state index is 0. The predicted molar refractivity (Wildman–Crippen MR) is 194 cm³/mol. The number of para-hydroxylation sites is 1. The summed E-state index contributed by atoms with van der Waals surface area (Å²) in [6, 6.07) is 53.4. The van der Waals surface area contributed by atoms with Gasteiger partial charge in [0.15, 0.2) is 5.82 Å². The molecule has 0 aliphatic heterocycles. The molecule has 0 spiro atoms. The Bertz CT molecular complexity index is 2410. The molecule has 6 aromatic carbocycles. The first-order valence-corrected chi connectivity index (χ1v) is 16.3. The molecule has 1 aliphatic rings. The summed E-state index contributed by atoms with van der Waals surface area (Å²) in [7, 11) is 0. The van der Waals surface area contributed by atoms with Crippen LogP contribution in [0.25, 0.3) is 72.7 Å². The molecule has 0 radical (unpaired) electrons. The molecule has 49 heavy (non-hydrogen) atoms. The van der Waals surface area contributed by atoms with Crippen LogP contribution in [-0.4, -0.2) is 19.6 Å². The van der Waals surface area contributed by atoms with E-state index in [1.165, 1.54) is 0 Å². The van der Waals surface area contributed by atoms with Crippen molar-refractivity contribution in [3.05, 3.63) is 169 Å². The summed E-state index contributed by atoms with van der Waals surface area (Å²) in [5.74, 6) is 0.984. The molecule has 238 valence electrons. The Morgan fingerprint density at radius 3 is 1.98 bits per heavy atom. The number of rotatable bonds is 5. The van der Waals surface area contributed by atoms with Crippen LogP contribution < -0.4 is 0 Å². The van der Waals surface area contributed by atoms with Crippen molar-refractivity contribution in [3.8, 4) is 67.7 Å². The molecule has 0 saturated heterocycles. The van der Waals surface area contributed by atoms with Crippen LogP contribution in [0.2, 0.25) is 0 Å². The number of imidazole rings is 1. The van der Waals surface area contributed by atoms with Crippen molar-refractivity contribution >= 4 is 10.8 Å². The van der Waals surface area contributed by atoms with Gasteiger partial charge in [-0.15, -0.1) is 35.0 Å². The first-order valence-electron chi connectivity index (χ1n) is 16.3. The van der Waals surface area contributed by atoms with Crippen LogP contribution in [0.5, 0.6) is 5.75 Å². The topological polar surface area (TPSA) is 50.9 Å². The summed E-state index contributed by atoms with van der Waals surface area (Å²) >= 11 is 0. The first-order chi connectivity index (χ1) is 23.7. The number of pyridine rings is 1. The number of phenolic OH excluding ortho intramolecular Hbond substituents is 1. The van der Waals surface area contributed by atoms with Gasteiger partial charge in [-0.1, -0.05) is 121 Å². The first kappa shape index (κ1) is 30.7. The van der Waals surface area contributed by atoms with Crippen LogP contribution >= 0.6 is 0 Å². The second kappa shape index (κ2) is 12.8. The summed E-state index contributed by atoms with van der Waals surface area (Å²) < 4.78 is 2.21. The molecule has 1 aliphatic carbocycles. The van der Waals surface area contributed by atoms with Crippen molar-refractivity contribution in [3.63, 3.8) is 0 Å². The zero-order valence-corrected chi connectivity index (χ0v) is 28.7. The van der Waals surface area contributed by atoms with Gasteiger partial charge in [0.05, 0.1) is 11.4 Å². The Morgan fingerprint density at radius 2 is 1.22 bits per heavy atom. The standard InChI is InChI=1S/C44H30N3O.Pt/c48-40-23-10-18-32-24-25-33-26-27-38(45-42(33)41(32)40)44-46-39(37-22-9-17-29-16-7-8-19-34(29)37)28-47(44)43-35(30-12-3-1-4-13-30)20-11-21-36(43)31-14-5-2-6-15-31;/h1-18,20-23,26-28,48H,24-25H2;/q-1;. The second-order valence-electron chi connectivity index (χ2n) is 12.2. The minimum Gasteiger partial charge on any atom is -0.507 e. The number of hydrogen-bond donors (Lipinski definition) is 1. The van der Waals surface area contributed by atoms with Gasteiger partial charge in [0, 0.05) is 49.6 Å². The van der Waals surface area contributed by atoms with E-state index >= 15 is 0 Å². The summed E-state index contributed by atoms with van der Waals surface area (Å²) in [5.41, 5.74) is 11.9. The second-order valence-corrected chi connectivity index (χ2v) is 12.2. The number of nitrogens with zero attached hydrogens (tertiary/aromatic N) is 3. The number of benzene rings is 6. The molecular weight excluding hydrogens is 782 g/mol. The average molecular weight is 812 g/mol. The molecule has 0 fully saturated rings. The van der Waals surface area contributed by atoms with Gasteiger partial charge in [0.2, 0.25) is 0 Å². The summed E-state index contributed by atoms with van der Waals surface area (Å²) in [5, 5.41) is 13.1. The Hall–Kier alpha value is -5.57. The quantitative estimate of drug-likeness (QED) is 0.176. The van der Waals surface area contributed by atoms with Crippen molar-refractivity contribution in [1.82, 2.24) is 14.5 Å². The van der Waals surface area contributed by atoms with Crippen molar-refractivity contribution in [2.75, 3.05) is 0 Å². The zero-order chi connectivity index (χ0) is 32.0. The molecule has 0 bridgehead atoms. The Labute approximate surface area is 299 Å². The fourth-order valence-corrected chi connectivity index (χ4v) is 7.10. The maximum atomic E-state index is 11.0. The molecule has 2 heterocycles. The van der Waals surface area contributed by atoms with Gasteiger partial charge in [-0.25, -0.2) is 9.97 Å². The summed E-state index contributed by atoms with van der Waals surface area (Å²) in [4.78, 5) is 10.7. The molecule has 0 unspecified atom stereocenters. The van der Waals surface area contributed by atoms with Crippen LogP contribution in [0.1, 0.15) is 11.1 Å². The van der Waals surface area contributed by atoms with Gasteiger partial charge in [-0.05, 0) is 47.2 Å². The Morgan fingerprint density at radius 1 is 0.571 bits per heavy atom. The minimum atomic E-state index is 0. The monoisotopic (exact) mass is 811 g/mol. The molecule has 5 heteroatoms. The molecule has 0 atom stereocenters. The Kier molecular flexibility index (Phi) is 8.03. The van der Waals surface area contributed by atoms with E-state index in [1.807, 2.05) is 30.3 Å². The average Bonchev–Trinajstić information content (AvgIpc) is 3.60. The third-order valence-corrected chi connectivity index (χ3v) is 9.36. The van der Waals surface area contributed by atoms with Crippen molar-refractivity contribution in [1.29, 1.82) is 0 Å². The number of aryl methyl sites for hydroxylation is 2. The van der Waals surface area contributed by atoms with Crippen LogP contribution in [0.3, 0.4) is 0 Å². The SMILES string of the molecule is Oc1cccc2c1-c1nc(-c3nc(-c4cccc5ccc[c-]c45)cn3-c3c(-c4ccccc4)cccc3-c3ccccc3)ccc1CC2.[Pt]. The van der Waals surface area contributed by atoms with Crippen molar-refractivity contribution < 1.29 is 26.2 Å². The molecule has 1 N–H and O–H groups in total. The molecule has 9 rings (SSSR count). The van der Waals surface area contributed by atoms with Gasteiger partial charge < -0.3 is 5.11 Å². The van der Waals surface area contributed by atoms with Gasteiger partial charge >= 0.3 is 0 Å². The molecule has 2 aromatic heterocycles. The van der Waals surface area contributed by atoms with Gasteiger partial charge in [-0.3, -0.25) is 4.57 Å². The van der Waals surface area contributed by atoms with Crippen molar-refractivity contribution in [2.45, 2.75) is 12.8 Å². The van der Waals surface area contributed by atoms with Crippen LogP contribution in [-0.2, 0) is 33.9 Å². The van der Waals surface area contributed by atoms with Crippen LogP contribution in [0, 0.1) is 6.07 Å². The molecule has 8 aromatic rings. The van der Waals surface area contributed by atoms with Crippen molar-refractivity contribution in [2.24, 2.45) is 0 Å². The fourth-order valence-electron chi connectivity index (χ4n) is 7.10. The Balaban J connectivity index is 0.00000348. The third kappa shape index (κ3) is 5.39. The number of aromatic nitrogens is 3. The number of fused-ring (bicyclic) bond motifs is 4. The molecule has 4 nitrogen and oxygen atoms in total. The van der Waals surface area contributed by atoms with E-state index in [4.69, 9.17) is 9.97 Å². The van der Waals surface area contributed by atoms with E-state index in [1.54, 1.807) is 6.07 Å². The van der Waals surface area contributed by atoms with Crippen LogP contribution in [0.15, 0.2) is 152 Å². The smallest absolute Gasteiger partial charge is 0.163 e. The fraction of sp³-hybridized carbons (Fsp3) is 0.0455. The van der Waals surface area contributed by atoms with E-state index in [2.05, 4.69) is 126 Å². The summed E-state index contributed by atoms with van der Waals surface area (Å²) in [6.07, 6.45) is 3.89. The van der Waals surface area contributed by atoms with E-state index in [-0.39, 0.29) is 26.8 Å². The third-order valence-electron chi connectivity index (χ3n) is 9.36. The van der Waals surface area contributed by atoms with Crippen LogP contribution in [0.4, 0.5) is 0 Å². The van der Waals surface area contributed by atoms with Gasteiger partial charge in [0.1, 0.15) is 11.4 Å².